The summed E-state index contributed by atoms with van der Waals surface area (Å²) in [7, 11) is 0. The van der Waals surface area contributed by atoms with Crippen molar-refractivity contribution >= 4 is 34.2 Å². The van der Waals surface area contributed by atoms with Crippen molar-refractivity contribution in [2.45, 2.75) is 37.3 Å². The smallest absolute Gasteiger partial charge is 0.253 e. The van der Waals surface area contributed by atoms with E-state index in [1.54, 1.807) is 16.7 Å². The Morgan fingerprint density at radius 3 is 2.45 bits per heavy atom. The highest BCUT2D eigenvalue weighted by Gasteiger charge is 2.72. The Kier molecular flexibility index (Phi) is 6.48. The van der Waals surface area contributed by atoms with Gasteiger partial charge in [-0.1, -0.05) is 85.0 Å². The molecule has 6 atom stereocenters. The van der Waals surface area contributed by atoms with Crippen LogP contribution in [0.3, 0.4) is 0 Å². The maximum Gasteiger partial charge on any atom is 0.253 e. The molecule has 2 saturated heterocycles. The second-order valence-electron chi connectivity index (χ2n) is 11.6. The maximum atomic E-state index is 14.6. The van der Waals surface area contributed by atoms with Crippen LogP contribution in [0.25, 0.3) is 10.8 Å². The normalized spacial score (nSPS) is 29.4. The van der Waals surface area contributed by atoms with Crippen molar-refractivity contribution in [3.05, 3.63) is 103 Å². The summed E-state index contributed by atoms with van der Waals surface area (Å²) in [4.78, 5) is 48.0. The lowest BCUT2D eigenvalue weighted by molar-refractivity contribution is -0.146. The molecule has 1 unspecified atom stereocenters. The number of likely N-dealkylation sites (tertiary alicyclic amines) is 1. The fraction of sp³-hybridized carbons (Fsp3) is 0.324. The molecule has 214 valence electrons. The Morgan fingerprint density at radius 2 is 1.67 bits per heavy atom. The van der Waals surface area contributed by atoms with Gasteiger partial charge in [0.2, 0.25) is 11.8 Å². The molecular weight excluding hydrogens is 530 g/mol. The number of nitrogens with zero attached hydrogens (tertiary/aromatic N) is 3. The monoisotopic (exact) mass is 563 g/mol. The average Bonchev–Trinajstić information content (AvgIpc) is 3.34. The number of amides is 3. The molecule has 3 aromatic rings. The first-order valence-corrected chi connectivity index (χ1v) is 14.5. The van der Waals surface area contributed by atoms with Gasteiger partial charge in [0.05, 0.1) is 30.6 Å². The van der Waals surface area contributed by atoms with Crippen LogP contribution < -0.4 is 4.90 Å². The zero-order valence-electron chi connectivity index (χ0n) is 23.4. The van der Waals surface area contributed by atoms with Crippen LogP contribution in [0.2, 0.25) is 0 Å². The molecule has 42 heavy (non-hydrogen) atoms. The lowest BCUT2D eigenvalue weighted by Gasteiger charge is -2.37. The lowest BCUT2D eigenvalue weighted by Crippen LogP contribution is -2.57. The fourth-order valence-electron chi connectivity index (χ4n) is 7.21. The molecule has 3 aromatic carbocycles. The van der Waals surface area contributed by atoms with Crippen LogP contribution in [0.1, 0.15) is 12.5 Å². The van der Waals surface area contributed by atoms with Gasteiger partial charge in [0.25, 0.3) is 5.91 Å². The van der Waals surface area contributed by atoms with Gasteiger partial charge >= 0.3 is 0 Å². The third-order valence-electron chi connectivity index (χ3n) is 9.18. The van der Waals surface area contributed by atoms with Gasteiger partial charge in [0.15, 0.2) is 0 Å². The first kappa shape index (κ1) is 26.6. The van der Waals surface area contributed by atoms with E-state index in [-0.39, 0.29) is 24.3 Å². The van der Waals surface area contributed by atoms with Crippen molar-refractivity contribution in [2.75, 3.05) is 24.6 Å². The second-order valence-corrected chi connectivity index (χ2v) is 11.6. The number of aliphatic hydroxyl groups is 1. The number of benzene rings is 3. The van der Waals surface area contributed by atoms with Crippen molar-refractivity contribution in [1.82, 2.24) is 9.80 Å². The van der Waals surface area contributed by atoms with E-state index < -0.39 is 35.6 Å². The quantitative estimate of drug-likeness (QED) is 0.482. The molecule has 2 fully saturated rings. The molecule has 8 nitrogen and oxygen atoms in total. The van der Waals surface area contributed by atoms with Crippen LogP contribution in [0.5, 0.6) is 0 Å². The first-order valence-electron chi connectivity index (χ1n) is 14.5. The summed E-state index contributed by atoms with van der Waals surface area (Å²) in [5.41, 5.74) is 0.368. The molecule has 4 aliphatic heterocycles. The van der Waals surface area contributed by atoms with E-state index in [0.717, 1.165) is 16.3 Å². The summed E-state index contributed by atoms with van der Waals surface area (Å²) in [5.74, 6) is -2.48. The molecular formula is C34H33N3O5. The highest BCUT2D eigenvalue weighted by atomic mass is 16.5. The second kappa shape index (κ2) is 10.2. The van der Waals surface area contributed by atoms with Gasteiger partial charge in [0.1, 0.15) is 11.6 Å². The van der Waals surface area contributed by atoms with Crippen molar-refractivity contribution in [3.8, 4) is 0 Å². The molecule has 0 bridgehead atoms. The number of anilines is 1. The van der Waals surface area contributed by atoms with Gasteiger partial charge in [0, 0.05) is 25.3 Å². The van der Waals surface area contributed by atoms with E-state index >= 15 is 0 Å². The van der Waals surface area contributed by atoms with Crippen molar-refractivity contribution in [2.24, 2.45) is 11.8 Å². The van der Waals surface area contributed by atoms with E-state index in [1.165, 1.54) is 4.90 Å². The summed E-state index contributed by atoms with van der Waals surface area (Å²) < 4.78 is 6.72. The third-order valence-corrected chi connectivity index (χ3v) is 9.18. The van der Waals surface area contributed by atoms with Crippen molar-refractivity contribution < 1.29 is 24.2 Å². The van der Waals surface area contributed by atoms with E-state index in [1.807, 2.05) is 97.1 Å². The van der Waals surface area contributed by atoms with Crippen LogP contribution in [0, 0.1) is 11.8 Å². The summed E-state index contributed by atoms with van der Waals surface area (Å²) in [6.07, 6.45) is 6.85. The zero-order valence-corrected chi connectivity index (χ0v) is 23.4. The minimum Gasteiger partial charge on any atom is -0.394 e. The number of ether oxygens (including phenoxy) is 1. The van der Waals surface area contributed by atoms with Crippen molar-refractivity contribution in [1.29, 1.82) is 0 Å². The number of hydrogen-bond donors (Lipinski definition) is 1. The van der Waals surface area contributed by atoms with E-state index in [2.05, 4.69) is 0 Å². The molecule has 0 aromatic heterocycles. The van der Waals surface area contributed by atoms with Gasteiger partial charge in [-0.15, -0.1) is 0 Å². The molecule has 7 rings (SSSR count). The van der Waals surface area contributed by atoms with Gasteiger partial charge in [-0.3, -0.25) is 14.4 Å². The fourth-order valence-corrected chi connectivity index (χ4v) is 7.21. The number of carbonyl (C=O) groups is 3. The number of carbonyl (C=O) groups excluding carboxylic acids is 3. The Hall–Kier alpha value is -4.27. The van der Waals surface area contributed by atoms with Crippen molar-refractivity contribution in [3.63, 3.8) is 0 Å². The SMILES string of the molecule is C[C@H](CO)N1C(=O)[C@@H]2[C@@H]3C(=O)N(Cc4ccccc4)CC=C[C@@H]3O[C@@]23C=CCN(c2ccc4ccccc4c2)C(=O)C13. The summed E-state index contributed by atoms with van der Waals surface area (Å²) in [6, 6.07) is 21.9. The lowest BCUT2D eigenvalue weighted by atomic mass is 9.77. The Morgan fingerprint density at radius 1 is 0.905 bits per heavy atom. The highest BCUT2D eigenvalue weighted by molar-refractivity contribution is 6.06. The molecule has 3 amide bonds. The summed E-state index contributed by atoms with van der Waals surface area (Å²) in [6.45, 7) is 2.51. The minimum absolute atomic E-state index is 0.169. The van der Waals surface area contributed by atoms with E-state index in [9.17, 15) is 19.5 Å². The largest absolute Gasteiger partial charge is 0.394 e. The van der Waals surface area contributed by atoms with Gasteiger partial charge in [-0.2, -0.15) is 0 Å². The van der Waals surface area contributed by atoms with E-state index in [4.69, 9.17) is 4.74 Å². The average molecular weight is 564 g/mol. The van der Waals surface area contributed by atoms with Crippen LogP contribution in [0.4, 0.5) is 5.69 Å². The highest BCUT2D eigenvalue weighted by Crippen LogP contribution is 2.54. The number of fused-ring (bicyclic) bond motifs is 3. The van der Waals surface area contributed by atoms with Crippen LogP contribution in [-0.2, 0) is 25.7 Å². The predicted molar refractivity (Wildman–Crippen MR) is 158 cm³/mol. The molecule has 1 N–H and O–H groups in total. The number of aliphatic hydroxyl groups excluding tert-OH is 1. The van der Waals surface area contributed by atoms with Crippen LogP contribution >= 0.6 is 0 Å². The molecule has 4 heterocycles. The molecule has 0 saturated carbocycles. The molecule has 0 aliphatic carbocycles. The number of rotatable bonds is 5. The predicted octanol–water partition coefficient (Wildman–Crippen LogP) is 3.30. The zero-order chi connectivity index (χ0) is 29.0. The van der Waals surface area contributed by atoms with Crippen LogP contribution in [-0.4, -0.2) is 76.1 Å². The minimum atomic E-state index is -1.34. The summed E-state index contributed by atoms with van der Waals surface area (Å²) in [5, 5.41) is 12.3. The Bertz CT molecular complexity index is 1620. The maximum absolute atomic E-state index is 14.6. The molecule has 0 radical (unpaired) electrons. The topological polar surface area (TPSA) is 90.4 Å². The van der Waals surface area contributed by atoms with Gasteiger partial charge in [-0.25, -0.2) is 0 Å². The Balaban J connectivity index is 1.29. The standard InChI is InChI=1S/C34H33N3O5/c1-22(21-38)37-30-33(41)36(26-15-14-24-11-5-6-12-25(24)19-26)18-8-16-34(30)29(32(37)40)28-27(42-34)13-7-17-35(31(28)39)20-23-9-3-2-4-10-23/h2-16,19,22,27-30,38H,17-18,20-21H2,1H3/t22-,27+,28-,29+,30?,34+/m1/s1. The summed E-state index contributed by atoms with van der Waals surface area (Å²) >= 11 is 0. The van der Waals surface area contributed by atoms with Crippen LogP contribution in [0.15, 0.2) is 97.1 Å². The van der Waals surface area contributed by atoms with Gasteiger partial charge < -0.3 is 24.5 Å². The molecule has 4 aliphatic rings. The third kappa shape index (κ3) is 4.01. The first-order chi connectivity index (χ1) is 20.4. The van der Waals surface area contributed by atoms with E-state index in [0.29, 0.717) is 25.3 Å². The van der Waals surface area contributed by atoms with Gasteiger partial charge in [-0.05, 0) is 35.4 Å². The molecule has 1 spiro atoms. The molecule has 8 heteroatoms. The number of hydrogen-bond acceptors (Lipinski definition) is 5. The Labute approximate surface area is 244 Å².